The summed E-state index contributed by atoms with van der Waals surface area (Å²) in [4.78, 5) is 23.5. The lowest BCUT2D eigenvalue weighted by Gasteiger charge is -2.15. The van der Waals surface area contributed by atoms with Crippen LogP contribution in [0.5, 0.6) is 5.75 Å². The molecule has 0 amide bonds. The highest BCUT2D eigenvalue weighted by Crippen LogP contribution is 2.32. The molecule has 2 N–H and O–H groups in total. The molecule has 1 heterocycles. The van der Waals surface area contributed by atoms with E-state index in [-0.39, 0.29) is 16.8 Å². The predicted octanol–water partition coefficient (Wildman–Crippen LogP) is 3.32. The Kier molecular flexibility index (Phi) is 4.41. The van der Waals surface area contributed by atoms with Crippen molar-refractivity contribution in [2.45, 2.75) is 6.54 Å². The molecule has 3 aromatic rings. The van der Waals surface area contributed by atoms with Gasteiger partial charge in [0.2, 0.25) is 5.43 Å². The Morgan fingerprint density at radius 1 is 1.15 bits per heavy atom. The van der Waals surface area contributed by atoms with Crippen LogP contribution in [0.25, 0.3) is 22.0 Å². The van der Waals surface area contributed by atoms with E-state index in [4.69, 9.17) is 5.11 Å². The minimum absolute atomic E-state index is 0.0984. The van der Waals surface area contributed by atoms with E-state index in [9.17, 15) is 23.5 Å². The molecule has 3 rings (SSSR count). The number of carboxylic acid groups (broad SMARTS) is 1. The maximum atomic E-state index is 15.1. The van der Waals surface area contributed by atoms with Gasteiger partial charge in [-0.2, -0.15) is 0 Å². The van der Waals surface area contributed by atoms with Crippen molar-refractivity contribution in [3.63, 3.8) is 0 Å². The molecule has 0 unspecified atom stereocenters. The van der Waals surface area contributed by atoms with Crippen molar-refractivity contribution in [1.82, 2.24) is 4.57 Å². The van der Waals surface area contributed by atoms with Crippen LogP contribution >= 0.6 is 0 Å². The summed E-state index contributed by atoms with van der Waals surface area (Å²) in [6.45, 7) is -1.35. The Hall–Kier alpha value is -3.29. The molecule has 0 atom stereocenters. The number of fused-ring (bicyclic) bond motifs is 1. The fraction of sp³-hybridized carbons (Fsp3) is 0.111. The number of phenolic OH excluding ortho intramolecular Hbond substituents is 1. The third kappa shape index (κ3) is 2.79. The van der Waals surface area contributed by atoms with Gasteiger partial charge in [-0.25, -0.2) is 18.0 Å². The Morgan fingerprint density at radius 2 is 1.81 bits per heavy atom. The topological polar surface area (TPSA) is 79.5 Å². The van der Waals surface area contributed by atoms with Gasteiger partial charge in [-0.15, -0.1) is 0 Å². The Balaban J connectivity index is 2.43. The fourth-order valence-corrected chi connectivity index (χ4v) is 2.80. The number of aromatic carboxylic acids is 1. The minimum atomic E-state index is -1.58. The van der Waals surface area contributed by atoms with Crippen LogP contribution in [0.1, 0.15) is 10.4 Å². The van der Waals surface area contributed by atoms with E-state index < -0.39 is 52.8 Å². The van der Waals surface area contributed by atoms with Gasteiger partial charge in [0.15, 0.2) is 5.82 Å². The summed E-state index contributed by atoms with van der Waals surface area (Å²) in [5.41, 5.74) is -2.52. The summed E-state index contributed by atoms with van der Waals surface area (Å²) < 4.78 is 43.4. The summed E-state index contributed by atoms with van der Waals surface area (Å²) in [5, 5.41) is 17.9. The molecule has 0 aliphatic carbocycles. The zero-order chi connectivity index (χ0) is 19.0. The number of rotatable bonds is 4. The first-order valence-corrected chi connectivity index (χ1v) is 7.49. The van der Waals surface area contributed by atoms with E-state index in [0.29, 0.717) is 0 Å². The maximum Gasteiger partial charge on any atom is 0.341 e. The van der Waals surface area contributed by atoms with Crippen molar-refractivity contribution < 1.29 is 28.2 Å². The van der Waals surface area contributed by atoms with E-state index in [2.05, 4.69) is 0 Å². The van der Waals surface area contributed by atoms with Crippen LogP contribution in [0.4, 0.5) is 13.2 Å². The van der Waals surface area contributed by atoms with Gasteiger partial charge in [-0.1, -0.05) is 12.1 Å². The SMILES string of the molecule is O=C(O)c1cn(CCF)c2c(F)c(-c3ccc(O)cc3)c(F)cc2c1=O. The number of halogens is 3. The molecule has 2 aromatic carbocycles. The lowest BCUT2D eigenvalue weighted by molar-refractivity contribution is 0.0694. The molecule has 0 saturated carbocycles. The van der Waals surface area contributed by atoms with Gasteiger partial charge in [0.1, 0.15) is 23.8 Å². The van der Waals surface area contributed by atoms with Gasteiger partial charge in [0, 0.05) is 6.20 Å². The van der Waals surface area contributed by atoms with E-state index >= 15 is 4.39 Å². The second-order valence-electron chi connectivity index (χ2n) is 5.55. The van der Waals surface area contributed by atoms with Gasteiger partial charge in [0.25, 0.3) is 0 Å². The second-order valence-corrected chi connectivity index (χ2v) is 5.55. The molecule has 1 aromatic heterocycles. The van der Waals surface area contributed by atoms with Crippen molar-refractivity contribution in [3.8, 4) is 16.9 Å². The Bertz CT molecular complexity index is 1070. The zero-order valence-corrected chi connectivity index (χ0v) is 13.2. The smallest absolute Gasteiger partial charge is 0.341 e. The molecule has 26 heavy (non-hydrogen) atoms. The standard InChI is InChI=1S/C18H12F3NO4/c19-5-6-22-8-12(18(25)26)17(24)11-7-13(20)14(15(21)16(11)22)9-1-3-10(23)4-2-9/h1-4,7-8,23H,5-6H2,(H,25,26). The third-order valence-corrected chi connectivity index (χ3v) is 3.97. The number of aromatic nitrogens is 1. The summed E-state index contributed by atoms with van der Waals surface area (Å²) in [6.07, 6.45) is 0.841. The van der Waals surface area contributed by atoms with Gasteiger partial charge >= 0.3 is 5.97 Å². The van der Waals surface area contributed by atoms with Gasteiger partial charge in [-0.05, 0) is 23.8 Å². The maximum absolute atomic E-state index is 15.1. The predicted molar refractivity (Wildman–Crippen MR) is 88.2 cm³/mol. The van der Waals surface area contributed by atoms with Crippen LogP contribution in [0.15, 0.2) is 41.3 Å². The Morgan fingerprint density at radius 3 is 2.38 bits per heavy atom. The zero-order valence-electron chi connectivity index (χ0n) is 13.2. The number of nitrogens with zero attached hydrogens (tertiary/aromatic N) is 1. The van der Waals surface area contributed by atoms with Crippen LogP contribution in [-0.4, -0.2) is 27.4 Å². The lowest BCUT2D eigenvalue weighted by atomic mass is 10.0. The lowest BCUT2D eigenvalue weighted by Crippen LogP contribution is -2.20. The quantitative estimate of drug-likeness (QED) is 0.745. The molecule has 0 aliphatic heterocycles. The number of phenols is 1. The van der Waals surface area contributed by atoms with Crippen molar-refractivity contribution >= 4 is 16.9 Å². The first kappa shape index (κ1) is 17.5. The summed E-state index contributed by atoms with van der Waals surface area (Å²) in [7, 11) is 0. The summed E-state index contributed by atoms with van der Waals surface area (Å²) in [5.74, 6) is -3.87. The number of hydrogen-bond acceptors (Lipinski definition) is 3. The first-order chi connectivity index (χ1) is 12.3. The molecule has 0 aliphatic rings. The number of hydrogen-bond donors (Lipinski definition) is 2. The summed E-state index contributed by atoms with van der Waals surface area (Å²) >= 11 is 0. The number of pyridine rings is 1. The third-order valence-electron chi connectivity index (χ3n) is 3.97. The highest BCUT2D eigenvalue weighted by atomic mass is 19.1. The average molecular weight is 363 g/mol. The highest BCUT2D eigenvalue weighted by Gasteiger charge is 2.22. The molecule has 0 bridgehead atoms. The molecule has 0 radical (unpaired) electrons. The van der Waals surface area contributed by atoms with Crippen LogP contribution in [0.2, 0.25) is 0 Å². The summed E-state index contributed by atoms with van der Waals surface area (Å²) in [6, 6.07) is 5.78. The highest BCUT2D eigenvalue weighted by molar-refractivity contribution is 5.94. The van der Waals surface area contributed by atoms with E-state index in [0.717, 1.165) is 16.8 Å². The average Bonchev–Trinajstić information content (AvgIpc) is 2.58. The van der Waals surface area contributed by atoms with Crippen LogP contribution in [-0.2, 0) is 6.54 Å². The van der Waals surface area contributed by atoms with Gasteiger partial charge < -0.3 is 14.8 Å². The normalized spacial score (nSPS) is 11.0. The van der Waals surface area contributed by atoms with E-state index in [1.807, 2.05) is 0 Å². The number of alkyl halides is 1. The molecule has 0 spiro atoms. The Labute approximate surface area is 144 Å². The fourth-order valence-electron chi connectivity index (χ4n) is 2.80. The first-order valence-electron chi connectivity index (χ1n) is 7.49. The molecule has 134 valence electrons. The van der Waals surface area contributed by atoms with Crippen LogP contribution < -0.4 is 5.43 Å². The number of aromatic hydroxyl groups is 1. The number of carboxylic acids is 1. The number of aryl methyl sites for hydroxylation is 1. The van der Waals surface area contributed by atoms with Crippen molar-refractivity contribution in [2.75, 3.05) is 6.67 Å². The molecule has 0 saturated heterocycles. The van der Waals surface area contributed by atoms with Crippen molar-refractivity contribution in [2.24, 2.45) is 0 Å². The number of carbonyl (C=O) groups is 1. The number of benzene rings is 2. The van der Waals surface area contributed by atoms with Crippen molar-refractivity contribution in [3.05, 3.63) is 63.9 Å². The van der Waals surface area contributed by atoms with E-state index in [1.165, 1.54) is 24.3 Å². The molecule has 0 fully saturated rings. The van der Waals surface area contributed by atoms with Crippen LogP contribution in [0.3, 0.4) is 0 Å². The molecule has 8 heteroatoms. The minimum Gasteiger partial charge on any atom is -0.508 e. The van der Waals surface area contributed by atoms with Crippen LogP contribution in [0, 0.1) is 11.6 Å². The van der Waals surface area contributed by atoms with Gasteiger partial charge in [0.05, 0.1) is 23.0 Å². The monoisotopic (exact) mass is 363 g/mol. The van der Waals surface area contributed by atoms with Gasteiger partial charge in [-0.3, -0.25) is 4.79 Å². The molecule has 5 nitrogen and oxygen atoms in total. The van der Waals surface area contributed by atoms with Crippen molar-refractivity contribution in [1.29, 1.82) is 0 Å². The largest absolute Gasteiger partial charge is 0.508 e. The second kappa shape index (κ2) is 6.55. The molecular formula is C18H12F3NO4. The van der Waals surface area contributed by atoms with E-state index in [1.54, 1.807) is 0 Å². The molecular weight excluding hydrogens is 351 g/mol.